The Bertz CT molecular complexity index is 3340. The first-order valence-electron chi connectivity index (χ1n) is 46.2. The standard InChI is InChI=1S/C98H154N4O13/c1-7-10-13-16-19-22-25-28-31-34-37-40-43-46-49-55-72-110-88-75-81(76-89(111-73-56-50-47-44-41-38-35-32-29-26-23-20-17-14-11-8-2)94(88)112-74-57-51-48-45-42-39-36-33-30-27-24-21-18-15-12-9-3)96(106)100-71-70-99-91(103)68-69-93(104)115-87-77-92(102-78-80(4)95(105)101-97(102)107)114-90(87)79-113-98(82-58-53-52-54-59-82,83-60-64-85(108-5)65-61-83)84-62-66-86(109-6)67-63-84/h52-54,58-67,75-76,78,87,90,92H,7-51,55-57,68-74,77,79H2,1-6H3,(H,99,103)(H,100,106)(H,101,105,107)/t87-,90+,92+/m0/s1. The second kappa shape index (κ2) is 61.2. The van der Waals surface area contributed by atoms with E-state index in [-0.39, 0.29) is 44.9 Å². The molecule has 0 bridgehead atoms. The Hall–Kier alpha value is -7.11. The topological polar surface area (TPSA) is 204 Å². The number of aromatic amines is 1. The molecule has 115 heavy (non-hydrogen) atoms. The molecule has 17 nitrogen and oxygen atoms in total. The van der Waals surface area contributed by atoms with Gasteiger partial charge in [0.15, 0.2) is 11.5 Å². The number of nitrogens with one attached hydrogen (secondary N) is 3. The lowest BCUT2D eigenvalue weighted by atomic mass is 9.80. The highest BCUT2D eigenvalue weighted by Gasteiger charge is 2.44. The summed E-state index contributed by atoms with van der Waals surface area (Å²) < 4.78 is 52.5. The monoisotopic (exact) mass is 1600 g/mol. The first-order valence-corrected chi connectivity index (χ1v) is 46.2. The Morgan fingerprint density at radius 3 is 1.22 bits per heavy atom. The molecule has 1 aliphatic heterocycles. The average Bonchev–Trinajstić information content (AvgIpc) is 1.26. The average molecular weight is 1600 g/mol. The summed E-state index contributed by atoms with van der Waals surface area (Å²) in [6, 6.07) is 28.5. The molecule has 0 spiro atoms. The fourth-order valence-electron chi connectivity index (χ4n) is 15.8. The van der Waals surface area contributed by atoms with Gasteiger partial charge in [-0.25, -0.2) is 4.79 Å². The molecule has 17 heteroatoms. The lowest BCUT2D eigenvalue weighted by Crippen LogP contribution is -2.39. The number of carbonyl (C=O) groups is 3. The fourth-order valence-corrected chi connectivity index (χ4v) is 15.8. The van der Waals surface area contributed by atoms with Gasteiger partial charge in [-0.05, 0) is 79.3 Å². The first-order chi connectivity index (χ1) is 56.4. The fraction of sp³-hybridized carbons (Fsp3) is 0.684. The van der Waals surface area contributed by atoms with Crippen LogP contribution >= 0.6 is 0 Å². The molecule has 2 amide bonds. The lowest BCUT2D eigenvalue weighted by molar-refractivity contribution is -0.156. The number of esters is 1. The Morgan fingerprint density at radius 2 is 0.826 bits per heavy atom. The summed E-state index contributed by atoms with van der Waals surface area (Å²) >= 11 is 0. The van der Waals surface area contributed by atoms with Crippen LogP contribution in [0, 0.1) is 6.92 Å². The maximum atomic E-state index is 14.3. The molecule has 1 aliphatic rings. The van der Waals surface area contributed by atoms with Crippen molar-refractivity contribution in [2.45, 2.75) is 379 Å². The molecular weight excluding hydrogens is 1440 g/mol. The summed E-state index contributed by atoms with van der Waals surface area (Å²) in [6.07, 6.45) is 60.0. The van der Waals surface area contributed by atoms with Gasteiger partial charge in [0.25, 0.3) is 11.5 Å². The quantitative estimate of drug-likeness (QED) is 0.0189. The van der Waals surface area contributed by atoms with E-state index < -0.39 is 47.2 Å². The van der Waals surface area contributed by atoms with Crippen molar-refractivity contribution in [3.8, 4) is 28.7 Å². The summed E-state index contributed by atoms with van der Waals surface area (Å²) in [5.41, 5.74) is 0.545. The molecule has 5 aromatic rings. The third kappa shape index (κ3) is 38.9. The normalized spacial score (nSPS) is 14.1. The number of methoxy groups -OCH3 is 2. The molecule has 3 N–H and O–H groups in total. The third-order valence-corrected chi connectivity index (χ3v) is 22.9. The first kappa shape index (κ1) is 96.7. The molecule has 1 fully saturated rings. The smallest absolute Gasteiger partial charge is 0.330 e. The van der Waals surface area contributed by atoms with E-state index in [0.29, 0.717) is 59.7 Å². The van der Waals surface area contributed by atoms with E-state index in [0.717, 1.165) is 68.1 Å². The molecule has 644 valence electrons. The van der Waals surface area contributed by atoms with Crippen LogP contribution in [0.3, 0.4) is 0 Å². The molecule has 6 rings (SSSR count). The van der Waals surface area contributed by atoms with Crippen molar-refractivity contribution in [2.75, 3.05) is 53.7 Å². The van der Waals surface area contributed by atoms with Crippen molar-refractivity contribution in [3.63, 3.8) is 0 Å². The number of hydrogen-bond donors (Lipinski definition) is 3. The number of aryl methyl sites for hydroxylation is 1. The van der Waals surface area contributed by atoms with Gasteiger partial charge in [-0.3, -0.25) is 28.7 Å². The molecule has 0 aliphatic carbocycles. The van der Waals surface area contributed by atoms with E-state index in [9.17, 15) is 24.0 Å². The van der Waals surface area contributed by atoms with Crippen LogP contribution in [-0.2, 0) is 29.4 Å². The van der Waals surface area contributed by atoms with Crippen molar-refractivity contribution >= 4 is 17.8 Å². The van der Waals surface area contributed by atoms with Gasteiger partial charge in [-0.1, -0.05) is 364 Å². The van der Waals surface area contributed by atoms with E-state index in [1.165, 1.54) is 268 Å². The summed E-state index contributed by atoms with van der Waals surface area (Å²) in [5, 5.41) is 5.89. The number of unbranched alkanes of at least 4 members (excludes halogenated alkanes) is 45. The van der Waals surface area contributed by atoms with Crippen LogP contribution in [-0.4, -0.2) is 93.3 Å². The minimum atomic E-state index is -1.26. The summed E-state index contributed by atoms with van der Waals surface area (Å²) in [6.45, 7) is 10.0. The highest BCUT2D eigenvalue weighted by molar-refractivity contribution is 5.95. The van der Waals surface area contributed by atoms with E-state index >= 15 is 0 Å². The van der Waals surface area contributed by atoms with Gasteiger partial charge in [-0.2, -0.15) is 0 Å². The molecule has 3 atom stereocenters. The zero-order valence-corrected chi connectivity index (χ0v) is 72.5. The third-order valence-electron chi connectivity index (χ3n) is 22.9. The summed E-state index contributed by atoms with van der Waals surface area (Å²) in [7, 11) is 3.21. The second-order valence-corrected chi connectivity index (χ2v) is 32.5. The number of benzene rings is 4. The van der Waals surface area contributed by atoms with E-state index in [2.05, 4.69) is 36.4 Å². The van der Waals surface area contributed by atoms with E-state index in [1.54, 1.807) is 33.3 Å². The van der Waals surface area contributed by atoms with Gasteiger partial charge in [0.2, 0.25) is 11.7 Å². The molecule has 4 aromatic carbocycles. The van der Waals surface area contributed by atoms with Crippen molar-refractivity contribution < 1.29 is 52.3 Å². The zero-order chi connectivity index (χ0) is 81.9. The van der Waals surface area contributed by atoms with Crippen LogP contribution in [0.2, 0.25) is 0 Å². The van der Waals surface area contributed by atoms with Crippen molar-refractivity contribution in [2.24, 2.45) is 0 Å². The van der Waals surface area contributed by atoms with E-state index in [1.807, 2.05) is 78.9 Å². The van der Waals surface area contributed by atoms with E-state index in [4.69, 9.17) is 37.9 Å². The van der Waals surface area contributed by atoms with Crippen LogP contribution in [0.4, 0.5) is 0 Å². The minimum absolute atomic E-state index is 0.0379. The van der Waals surface area contributed by atoms with Crippen molar-refractivity contribution in [1.29, 1.82) is 0 Å². The predicted octanol–water partition coefficient (Wildman–Crippen LogP) is 24.3. The van der Waals surface area contributed by atoms with Gasteiger partial charge in [0, 0.05) is 43.3 Å². The van der Waals surface area contributed by atoms with Crippen molar-refractivity contribution in [3.05, 3.63) is 146 Å². The number of H-pyrrole nitrogens is 1. The Labute approximate surface area is 694 Å². The Kier molecular flexibility index (Phi) is 51.5. The van der Waals surface area contributed by atoms with Gasteiger partial charge in [0.1, 0.15) is 35.5 Å². The van der Waals surface area contributed by atoms with Gasteiger partial charge < -0.3 is 48.5 Å². The maximum absolute atomic E-state index is 14.3. The van der Waals surface area contributed by atoms with Crippen LogP contribution in [0.15, 0.2) is 107 Å². The van der Waals surface area contributed by atoms with Gasteiger partial charge in [-0.15, -0.1) is 0 Å². The Balaban J connectivity index is 1.07. The predicted molar refractivity (Wildman–Crippen MR) is 469 cm³/mol. The molecule has 0 unspecified atom stereocenters. The number of rotatable bonds is 71. The lowest BCUT2D eigenvalue weighted by Gasteiger charge is -2.37. The van der Waals surface area contributed by atoms with Crippen LogP contribution in [0.5, 0.6) is 28.7 Å². The van der Waals surface area contributed by atoms with Gasteiger partial charge >= 0.3 is 11.7 Å². The largest absolute Gasteiger partial charge is 0.497 e. The number of ether oxygens (including phenoxy) is 8. The zero-order valence-electron chi connectivity index (χ0n) is 72.5. The highest BCUT2D eigenvalue weighted by Crippen LogP contribution is 2.44. The number of amides is 2. The maximum Gasteiger partial charge on any atom is 0.330 e. The molecule has 1 saturated heterocycles. The van der Waals surface area contributed by atoms with Gasteiger partial charge in [0.05, 0.1) is 47.1 Å². The summed E-state index contributed by atoms with van der Waals surface area (Å²) in [4.78, 5) is 70.2. The number of hydrogen-bond acceptors (Lipinski definition) is 13. The highest BCUT2D eigenvalue weighted by atomic mass is 16.6. The Morgan fingerprint density at radius 1 is 0.461 bits per heavy atom. The second-order valence-electron chi connectivity index (χ2n) is 32.5. The molecule has 0 saturated carbocycles. The molecule has 0 radical (unpaired) electrons. The molecular formula is C98H154N4O13. The molecule has 2 heterocycles. The van der Waals surface area contributed by atoms with Crippen molar-refractivity contribution in [1.82, 2.24) is 20.2 Å². The summed E-state index contributed by atoms with van der Waals surface area (Å²) in [5.74, 6) is 1.46. The van der Waals surface area contributed by atoms with Crippen LogP contribution in [0.25, 0.3) is 0 Å². The number of carbonyl (C=O) groups excluding carboxylic acids is 3. The number of nitrogens with zero attached hydrogens (tertiary/aromatic N) is 1. The minimum Gasteiger partial charge on any atom is -0.497 e. The van der Waals surface area contributed by atoms with Crippen LogP contribution < -0.4 is 45.6 Å². The molecule has 1 aromatic heterocycles. The van der Waals surface area contributed by atoms with Crippen LogP contribution in [0.1, 0.15) is 387 Å². The number of aromatic nitrogens is 2. The SMILES string of the molecule is CCCCCCCCCCCCCCCCCCOc1cc(C(=O)NCCNC(=O)CCC(=O)O[C@H]2C[C@H](n3cc(C)c(=O)[nH]c3=O)O[C@@H]2COC(c2ccccc2)(c2ccc(OC)cc2)c2ccc(OC)cc2)cc(OCCCCCCCCCCCCCCCCCC)c1OCCCCCCCCCCCCCCCCCC.